The summed E-state index contributed by atoms with van der Waals surface area (Å²) in [7, 11) is -4.40. The van der Waals surface area contributed by atoms with Crippen LogP contribution in [0.3, 0.4) is 0 Å². The topological polar surface area (TPSA) is 86.7 Å². The fourth-order valence-corrected chi connectivity index (χ4v) is 3.94. The van der Waals surface area contributed by atoms with Crippen molar-refractivity contribution in [3.8, 4) is 17.2 Å². The molecule has 31 heavy (non-hydrogen) atoms. The van der Waals surface area contributed by atoms with Crippen molar-refractivity contribution in [1.29, 1.82) is 0 Å². The minimum absolute atomic E-state index is 0. The van der Waals surface area contributed by atoms with Gasteiger partial charge in [0.15, 0.2) is 0 Å². The van der Waals surface area contributed by atoms with E-state index in [2.05, 4.69) is 6.92 Å². The molecule has 2 aromatic carbocycles. The van der Waals surface area contributed by atoms with E-state index in [0.29, 0.717) is 5.75 Å². The second-order valence-electron chi connectivity index (χ2n) is 7.77. The summed E-state index contributed by atoms with van der Waals surface area (Å²) >= 11 is 0. The molecule has 2 aromatic rings. The van der Waals surface area contributed by atoms with E-state index in [1.165, 1.54) is 63.9 Å². The van der Waals surface area contributed by atoms with Crippen LogP contribution in [0.5, 0.6) is 17.2 Å². The SMILES string of the molecule is CCCCCCCCCCCCc1cccc(Oc2ccc(S(=O)(=O)O)cc2[O-])c1.[K+]. The fourth-order valence-electron chi connectivity index (χ4n) is 3.44. The second-order valence-corrected chi connectivity index (χ2v) is 9.19. The predicted octanol–water partition coefficient (Wildman–Crippen LogP) is 3.27. The molecule has 0 aromatic heterocycles. The zero-order valence-corrected chi connectivity index (χ0v) is 22.7. The summed E-state index contributed by atoms with van der Waals surface area (Å²) in [5.74, 6) is -0.0278. The summed E-state index contributed by atoms with van der Waals surface area (Å²) in [6, 6.07) is 10.9. The van der Waals surface area contributed by atoms with Crippen molar-refractivity contribution in [1.82, 2.24) is 0 Å². The standard InChI is InChI=1S/C24H34O5S.K/c1-2-3-4-5-6-7-8-9-10-11-13-20-14-12-15-21(18-20)29-24-17-16-22(19-23(24)25)30(26,27)28;/h12,14-19,25H,2-11,13H2,1H3,(H,26,27,28);/q;+1/p-1. The van der Waals surface area contributed by atoms with Gasteiger partial charge in [0.1, 0.15) is 11.5 Å². The molecule has 0 heterocycles. The first kappa shape index (κ1) is 28.6. The van der Waals surface area contributed by atoms with E-state index in [4.69, 9.17) is 9.29 Å². The van der Waals surface area contributed by atoms with Crippen LogP contribution in [0.15, 0.2) is 47.4 Å². The molecule has 0 aliphatic carbocycles. The average Bonchev–Trinajstić information content (AvgIpc) is 2.70. The number of aryl methyl sites for hydroxylation is 1. The van der Waals surface area contributed by atoms with E-state index in [0.717, 1.165) is 30.5 Å². The van der Waals surface area contributed by atoms with Gasteiger partial charge in [-0.15, -0.1) is 0 Å². The van der Waals surface area contributed by atoms with Crippen molar-refractivity contribution < 1.29 is 74.2 Å². The number of benzene rings is 2. The average molecular weight is 473 g/mol. The number of unbranched alkanes of at least 4 members (excludes halogenated alkanes) is 9. The predicted molar refractivity (Wildman–Crippen MR) is 118 cm³/mol. The van der Waals surface area contributed by atoms with Crippen LogP contribution in [0.2, 0.25) is 0 Å². The van der Waals surface area contributed by atoms with Crippen LogP contribution in [0, 0.1) is 0 Å². The van der Waals surface area contributed by atoms with Crippen LogP contribution in [-0.4, -0.2) is 13.0 Å². The normalized spacial score (nSPS) is 11.2. The molecule has 166 valence electrons. The Morgan fingerprint density at radius 1 is 0.871 bits per heavy atom. The molecule has 0 aliphatic rings. The Balaban J connectivity index is 0.00000480. The number of hydrogen-bond acceptors (Lipinski definition) is 4. The monoisotopic (exact) mass is 472 g/mol. The molecule has 2 rings (SSSR count). The second kappa shape index (κ2) is 15.4. The van der Waals surface area contributed by atoms with Gasteiger partial charge in [0.05, 0.1) is 4.90 Å². The van der Waals surface area contributed by atoms with Crippen molar-refractivity contribution in [2.45, 2.75) is 82.4 Å². The molecule has 0 radical (unpaired) electrons. The molecule has 0 saturated heterocycles. The van der Waals surface area contributed by atoms with Crippen LogP contribution in [-0.2, 0) is 16.5 Å². The van der Waals surface area contributed by atoms with Gasteiger partial charge in [-0.3, -0.25) is 4.55 Å². The van der Waals surface area contributed by atoms with Crippen LogP contribution in [0.1, 0.15) is 76.7 Å². The quantitative estimate of drug-likeness (QED) is 0.259. The molecule has 0 bridgehead atoms. The Morgan fingerprint density at radius 3 is 2.06 bits per heavy atom. The van der Waals surface area contributed by atoms with Gasteiger partial charge in [-0.2, -0.15) is 8.42 Å². The van der Waals surface area contributed by atoms with E-state index in [-0.39, 0.29) is 57.1 Å². The smallest absolute Gasteiger partial charge is 0.870 e. The van der Waals surface area contributed by atoms with Crippen molar-refractivity contribution in [3.63, 3.8) is 0 Å². The maximum atomic E-state index is 12.0. The Morgan fingerprint density at radius 2 is 1.48 bits per heavy atom. The third-order valence-corrected chi connectivity index (χ3v) is 6.01. The molecule has 5 nitrogen and oxygen atoms in total. The number of rotatable bonds is 14. The summed E-state index contributed by atoms with van der Waals surface area (Å²) in [6.45, 7) is 2.24. The molecule has 0 aliphatic heterocycles. The van der Waals surface area contributed by atoms with E-state index in [1.807, 2.05) is 18.2 Å². The van der Waals surface area contributed by atoms with Gasteiger partial charge in [-0.05, 0) is 48.7 Å². The van der Waals surface area contributed by atoms with Crippen LogP contribution >= 0.6 is 0 Å². The van der Waals surface area contributed by atoms with Gasteiger partial charge in [0, 0.05) is 0 Å². The molecular weight excluding hydrogens is 439 g/mol. The molecular formula is C24H33KO5S. The Labute approximate surface area is 229 Å². The summed E-state index contributed by atoms with van der Waals surface area (Å²) in [4.78, 5) is -0.436. The number of hydrogen-bond donors (Lipinski definition) is 1. The van der Waals surface area contributed by atoms with E-state index in [1.54, 1.807) is 6.07 Å². The van der Waals surface area contributed by atoms with Gasteiger partial charge in [0.2, 0.25) is 0 Å². The summed E-state index contributed by atoms with van der Waals surface area (Å²) in [5.41, 5.74) is 1.15. The van der Waals surface area contributed by atoms with E-state index >= 15 is 0 Å². The third kappa shape index (κ3) is 11.3. The van der Waals surface area contributed by atoms with Gasteiger partial charge in [-0.25, -0.2) is 0 Å². The van der Waals surface area contributed by atoms with Gasteiger partial charge < -0.3 is 9.84 Å². The maximum Gasteiger partial charge on any atom is 1.00 e. The first-order valence-corrected chi connectivity index (χ1v) is 12.4. The third-order valence-electron chi connectivity index (χ3n) is 5.16. The Kier molecular flexibility index (Phi) is 14.2. The van der Waals surface area contributed by atoms with Crippen molar-refractivity contribution in [2.75, 3.05) is 0 Å². The molecule has 0 saturated carbocycles. The zero-order chi connectivity index (χ0) is 21.8. The molecule has 0 unspecified atom stereocenters. The molecule has 7 heteroatoms. The molecule has 0 fully saturated rings. The largest absolute Gasteiger partial charge is 1.00 e. The zero-order valence-electron chi connectivity index (χ0n) is 18.8. The number of ether oxygens (including phenoxy) is 1. The summed E-state index contributed by atoms with van der Waals surface area (Å²) in [6.07, 6.45) is 13.9. The van der Waals surface area contributed by atoms with Gasteiger partial charge >= 0.3 is 51.4 Å². The molecule has 0 spiro atoms. The fraction of sp³-hybridized carbons (Fsp3) is 0.500. The maximum absolute atomic E-state index is 12.0. The first-order valence-electron chi connectivity index (χ1n) is 11.0. The van der Waals surface area contributed by atoms with Crippen LogP contribution in [0.4, 0.5) is 0 Å². The van der Waals surface area contributed by atoms with Crippen LogP contribution in [0.25, 0.3) is 0 Å². The first-order chi connectivity index (χ1) is 14.4. The Bertz CT molecular complexity index is 883. The van der Waals surface area contributed by atoms with E-state index in [9.17, 15) is 13.5 Å². The van der Waals surface area contributed by atoms with E-state index < -0.39 is 20.8 Å². The summed E-state index contributed by atoms with van der Waals surface area (Å²) < 4.78 is 36.9. The minimum Gasteiger partial charge on any atom is -0.870 e. The minimum atomic E-state index is -4.40. The summed E-state index contributed by atoms with van der Waals surface area (Å²) in [5, 5.41) is 12.0. The van der Waals surface area contributed by atoms with Gasteiger partial charge in [0.25, 0.3) is 10.1 Å². The van der Waals surface area contributed by atoms with Crippen molar-refractivity contribution in [3.05, 3.63) is 48.0 Å². The van der Waals surface area contributed by atoms with Crippen molar-refractivity contribution in [2.24, 2.45) is 0 Å². The van der Waals surface area contributed by atoms with Crippen LogP contribution < -0.4 is 61.2 Å². The Hall–Kier alpha value is -0.414. The molecule has 1 N–H and O–H groups in total. The van der Waals surface area contributed by atoms with Gasteiger partial charge in [-0.1, -0.05) is 82.6 Å². The molecule has 0 atom stereocenters. The molecule has 0 amide bonds. The van der Waals surface area contributed by atoms with Crippen molar-refractivity contribution >= 4 is 10.1 Å².